The molecule has 2 saturated carbocycles. The molecule has 0 heterocycles. The second kappa shape index (κ2) is 6.48. The fourth-order valence-corrected chi connectivity index (χ4v) is 3.31. The quantitative estimate of drug-likeness (QED) is 0.796. The molecule has 0 saturated heterocycles. The van der Waals surface area contributed by atoms with Crippen LogP contribution in [0.25, 0.3) is 0 Å². The number of hydrogen-bond acceptors (Lipinski definition) is 2. The Balaban J connectivity index is 1.40. The van der Waals surface area contributed by atoms with Crippen molar-refractivity contribution in [2.24, 2.45) is 5.92 Å². The molecular formula is C17H24N2O2. The first-order valence-corrected chi connectivity index (χ1v) is 7.99. The molecule has 2 fully saturated rings. The number of hydrogen-bond donors (Lipinski definition) is 3. The molecular weight excluding hydrogens is 264 g/mol. The first-order valence-electron chi connectivity index (χ1n) is 7.99. The number of carbonyl (C=O) groups is 1. The van der Waals surface area contributed by atoms with Crippen molar-refractivity contribution in [1.29, 1.82) is 0 Å². The minimum Gasteiger partial charge on any atom is -0.396 e. The van der Waals surface area contributed by atoms with E-state index in [1.54, 1.807) is 0 Å². The van der Waals surface area contributed by atoms with Gasteiger partial charge in [-0.2, -0.15) is 0 Å². The maximum absolute atomic E-state index is 12.0. The molecule has 2 unspecified atom stereocenters. The Morgan fingerprint density at radius 2 is 1.81 bits per heavy atom. The van der Waals surface area contributed by atoms with Crippen LogP contribution in [0, 0.1) is 5.92 Å². The fourth-order valence-electron chi connectivity index (χ4n) is 3.31. The Hall–Kier alpha value is -1.55. The van der Waals surface area contributed by atoms with Crippen LogP contribution in [0.3, 0.4) is 0 Å². The molecule has 0 aliphatic heterocycles. The Bertz CT molecular complexity index is 469. The molecule has 0 bridgehead atoms. The number of rotatable bonds is 4. The summed E-state index contributed by atoms with van der Waals surface area (Å²) in [5.74, 6) is 0.902. The average Bonchev–Trinajstić information content (AvgIpc) is 3.28. The van der Waals surface area contributed by atoms with Gasteiger partial charge in [-0.1, -0.05) is 30.3 Å². The van der Waals surface area contributed by atoms with Crippen LogP contribution in [-0.2, 0) is 0 Å². The van der Waals surface area contributed by atoms with E-state index in [1.807, 2.05) is 18.2 Å². The second-order valence-electron chi connectivity index (χ2n) is 6.38. The lowest BCUT2D eigenvalue weighted by molar-refractivity contribution is 0.174. The summed E-state index contributed by atoms with van der Waals surface area (Å²) < 4.78 is 0. The predicted molar refractivity (Wildman–Crippen MR) is 82.1 cm³/mol. The van der Waals surface area contributed by atoms with Crippen molar-refractivity contribution < 1.29 is 9.90 Å². The molecule has 0 radical (unpaired) electrons. The van der Waals surface area contributed by atoms with Crippen molar-refractivity contribution in [3.05, 3.63) is 35.9 Å². The van der Waals surface area contributed by atoms with Crippen LogP contribution in [0.2, 0.25) is 0 Å². The smallest absolute Gasteiger partial charge is 0.315 e. The molecule has 4 heteroatoms. The molecule has 2 aliphatic rings. The van der Waals surface area contributed by atoms with Crippen LogP contribution >= 0.6 is 0 Å². The molecule has 0 spiro atoms. The van der Waals surface area contributed by atoms with Crippen LogP contribution < -0.4 is 10.6 Å². The molecule has 1 aromatic carbocycles. The molecule has 2 aliphatic carbocycles. The molecule has 3 N–H and O–H groups in total. The first-order chi connectivity index (χ1) is 10.3. The maximum atomic E-state index is 12.0. The van der Waals surface area contributed by atoms with Crippen LogP contribution in [0.5, 0.6) is 0 Å². The van der Waals surface area contributed by atoms with E-state index >= 15 is 0 Å². The number of benzene rings is 1. The summed E-state index contributed by atoms with van der Waals surface area (Å²) >= 11 is 0. The van der Waals surface area contributed by atoms with E-state index in [0.717, 1.165) is 32.1 Å². The minimum atomic E-state index is -0.0362. The zero-order valence-electron chi connectivity index (χ0n) is 12.3. The minimum absolute atomic E-state index is 0.0362. The molecule has 21 heavy (non-hydrogen) atoms. The first kappa shape index (κ1) is 14.4. The van der Waals surface area contributed by atoms with Gasteiger partial charge in [-0.3, -0.25) is 0 Å². The third-order valence-corrected chi connectivity index (χ3v) is 4.77. The fraction of sp³-hybridized carbons (Fsp3) is 0.588. The summed E-state index contributed by atoms with van der Waals surface area (Å²) in [6.07, 6.45) is 5.01. The number of amides is 2. The predicted octanol–water partition coefficient (Wildman–Crippen LogP) is 2.39. The molecule has 3 rings (SSSR count). The number of aliphatic hydroxyl groups is 1. The van der Waals surface area contributed by atoms with E-state index in [2.05, 4.69) is 22.8 Å². The second-order valence-corrected chi connectivity index (χ2v) is 6.38. The lowest BCUT2D eigenvalue weighted by Gasteiger charge is -2.28. The molecule has 0 aromatic heterocycles. The average molecular weight is 288 g/mol. The highest BCUT2D eigenvalue weighted by Crippen LogP contribution is 2.40. The lowest BCUT2D eigenvalue weighted by atomic mass is 9.87. The Kier molecular flexibility index (Phi) is 4.44. The van der Waals surface area contributed by atoms with Gasteiger partial charge in [0, 0.05) is 24.6 Å². The van der Waals surface area contributed by atoms with Gasteiger partial charge < -0.3 is 15.7 Å². The lowest BCUT2D eigenvalue weighted by Crippen LogP contribution is -2.44. The van der Waals surface area contributed by atoms with E-state index < -0.39 is 0 Å². The third-order valence-electron chi connectivity index (χ3n) is 4.77. The van der Waals surface area contributed by atoms with Gasteiger partial charge in [-0.15, -0.1) is 0 Å². The van der Waals surface area contributed by atoms with Crippen molar-refractivity contribution in [2.45, 2.75) is 50.1 Å². The van der Waals surface area contributed by atoms with E-state index in [4.69, 9.17) is 5.11 Å². The van der Waals surface area contributed by atoms with Crippen LogP contribution in [-0.4, -0.2) is 29.8 Å². The summed E-state index contributed by atoms with van der Waals surface area (Å²) in [6.45, 7) is 0.278. The van der Waals surface area contributed by atoms with E-state index in [-0.39, 0.29) is 24.7 Å². The summed E-state index contributed by atoms with van der Waals surface area (Å²) in [7, 11) is 0. The highest BCUT2D eigenvalue weighted by Gasteiger charge is 2.39. The van der Waals surface area contributed by atoms with Crippen molar-refractivity contribution in [3.8, 4) is 0 Å². The summed E-state index contributed by atoms with van der Waals surface area (Å²) in [4.78, 5) is 12.0. The monoisotopic (exact) mass is 288 g/mol. The van der Waals surface area contributed by atoms with Gasteiger partial charge >= 0.3 is 6.03 Å². The number of carbonyl (C=O) groups excluding carboxylic acids is 1. The standard InChI is InChI=1S/C17H24N2O2/c20-11-12-6-8-14(9-7-12)18-17(21)19-16-10-15(16)13-4-2-1-3-5-13/h1-5,12,14-16,20H,6-11H2,(H2,18,19,21). The number of aliphatic hydroxyl groups excluding tert-OH is 1. The maximum Gasteiger partial charge on any atom is 0.315 e. The zero-order valence-corrected chi connectivity index (χ0v) is 12.3. The van der Waals surface area contributed by atoms with Crippen LogP contribution in [0.1, 0.15) is 43.6 Å². The Morgan fingerprint density at radius 3 is 2.48 bits per heavy atom. The summed E-state index contributed by atoms with van der Waals surface area (Å²) in [5, 5.41) is 15.3. The van der Waals surface area contributed by atoms with Gasteiger partial charge in [0.2, 0.25) is 0 Å². The largest absolute Gasteiger partial charge is 0.396 e. The van der Waals surface area contributed by atoms with E-state index in [0.29, 0.717) is 11.8 Å². The molecule has 2 amide bonds. The molecule has 1 aromatic rings. The van der Waals surface area contributed by atoms with Crippen LogP contribution in [0.4, 0.5) is 4.79 Å². The highest BCUT2D eigenvalue weighted by atomic mass is 16.3. The molecule has 4 nitrogen and oxygen atoms in total. The van der Waals surface area contributed by atoms with Gasteiger partial charge in [0.15, 0.2) is 0 Å². The SMILES string of the molecule is O=C(NC1CCC(CO)CC1)NC1CC1c1ccccc1. The van der Waals surface area contributed by atoms with Gasteiger partial charge in [0.1, 0.15) is 0 Å². The topological polar surface area (TPSA) is 61.4 Å². The summed E-state index contributed by atoms with van der Waals surface area (Å²) in [5.41, 5.74) is 1.31. The Morgan fingerprint density at radius 1 is 1.10 bits per heavy atom. The van der Waals surface area contributed by atoms with Gasteiger partial charge in [0.05, 0.1) is 0 Å². The summed E-state index contributed by atoms with van der Waals surface area (Å²) in [6, 6.07) is 10.9. The van der Waals surface area contributed by atoms with E-state index in [9.17, 15) is 4.79 Å². The van der Waals surface area contributed by atoms with Crippen molar-refractivity contribution >= 4 is 6.03 Å². The normalized spacial score (nSPS) is 31.5. The third kappa shape index (κ3) is 3.76. The van der Waals surface area contributed by atoms with Gasteiger partial charge in [-0.05, 0) is 43.6 Å². The van der Waals surface area contributed by atoms with Crippen LogP contribution in [0.15, 0.2) is 30.3 Å². The van der Waals surface area contributed by atoms with E-state index in [1.165, 1.54) is 5.56 Å². The van der Waals surface area contributed by atoms with Gasteiger partial charge in [0.25, 0.3) is 0 Å². The molecule has 114 valence electrons. The Labute approximate surface area is 125 Å². The van der Waals surface area contributed by atoms with Gasteiger partial charge in [-0.25, -0.2) is 4.79 Å². The highest BCUT2D eigenvalue weighted by molar-refractivity contribution is 5.75. The number of urea groups is 1. The molecule has 2 atom stereocenters. The zero-order chi connectivity index (χ0) is 14.7. The number of nitrogens with one attached hydrogen (secondary N) is 2. The van der Waals surface area contributed by atoms with Crippen molar-refractivity contribution in [2.75, 3.05) is 6.61 Å². The van der Waals surface area contributed by atoms with Crippen molar-refractivity contribution in [3.63, 3.8) is 0 Å². The van der Waals surface area contributed by atoms with Crippen molar-refractivity contribution in [1.82, 2.24) is 10.6 Å².